The third-order valence-electron chi connectivity index (χ3n) is 3.51. The third-order valence-corrected chi connectivity index (χ3v) is 3.51. The van der Waals surface area contributed by atoms with E-state index in [0.717, 1.165) is 43.4 Å². The molecule has 1 fully saturated rings. The van der Waals surface area contributed by atoms with Gasteiger partial charge in [0.1, 0.15) is 11.9 Å². The van der Waals surface area contributed by atoms with Crippen LogP contribution in [0.15, 0.2) is 18.2 Å². The molecule has 0 saturated heterocycles. The van der Waals surface area contributed by atoms with Crippen molar-refractivity contribution in [3.05, 3.63) is 29.3 Å². The topological polar surface area (TPSA) is 53.2 Å². The highest BCUT2D eigenvalue weighted by molar-refractivity contribution is 5.41. The van der Waals surface area contributed by atoms with Gasteiger partial charge in [-0.3, -0.25) is 0 Å². The summed E-state index contributed by atoms with van der Waals surface area (Å²) in [6.07, 6.45) is 4.49. The summed E-state index contributed by atoms with van der Waals surface area (Å²) >= 11 is 0. The fourth-order valence-corrected chi connectivity index (χ4v) is 2.35. The molecule has 0 radical (unpaired) electrons. The second-order valence-electron chi connectivity index (χ2n) is 4.95. The van der Waals surface area contributed by atoms with Crippen molar-refractivity contribution in [3.63, 3.8) is 0 Å². The number of aryl methyl sites for hydroxylation is 1. The smallest absolute Gasteiger partial charge is 0.124 e. The summed E-state index contributed by atoms with van der Waals surface area (Å²) in [5, 5.41) is 18.9. The number of benzene rings is 1. The quantitative estimate of drug-likeness (QED) is 0.815. The van der Waals surface area contributed by atoms with E-state index in [1.165, 1.54) is 0 Å². The molecule has 1 saturated carbocycles. The van der Waals surface area contributed by atoms with Crippen LogP contribution < -0.4 is 4.74 Å². The van der Waals surface area contributed by atoms with E-state index in [2.05, 4.69) is 6.07 Å². The first-order valence-corrected chi connectivity index (χ1v) is 6.56. The minimum absolute atomic E-state index is 0.139. The van der Waals surface area contributed by atoms with E-state index in [0.29, 0.717) is 5.56 Å². The van der Waals surface area contributed by atoms with Gasteiger partial charge in [-0.2, -0.15) is 5.26 Å². The number of ether oxygens (including phenoxy) is 1. The molecular weight excluding hydrogens is 226 g/mol. The van der Waals surface area contributed by atoms with E-state index < -0.39 is 6.10 Å². The number of aliphatic hydroxyl groups excluding tert-OH is 1. The van der Waals surface area contributed by atoms with Gasteiger partial charge in [-0.25, -0.2) is 0 Å². The van der Waals surface area contributed by atoms with Gasteiger partial charge < -0.3 is 9.84 Å². The van der Waals surface area contributed by atoms with Crippen LogP contribution in [0.5, 0.6) is 5.75 Å². The van der Waals surface area contributed by atoms with Crippen LogP contribution in [0, 0.1) is 18.3 Å². The molecule has 1 N–H and O–H groups in total. The Labute approximate surface area is 108 Å². The van der Waals surface area contributed by atoms with Crippen LogP contribution in [-0.4, -0.2) is 17.3 Å². The molecule has 0 spiro atoms. The minimum Gasteiger partial charge on any atom is -0.487 e. The summed E-state index contributed by atoms with van der Waals surface area (Å²) in [4.78, 5) is 0. The predicted molar refractivity (Wildman–Crippen MR) is 69.4 cm³/mol. The molecule has 0 aromatic heterocycles. The molecular formula is C15H19NO2. The van der Waals surface area contributed by atoms with Gasteiger partial charge in [0.25, 0.3) is 0 Å². The molecule has 1 aliphatic rings. The predicted octanol–water partition coefficient (Wildman–Crippen LogP) is 2.94. The zero-order valence-electron chi connectivity index (χ0n) is 10.7. The summed E-state index contributed by atoms with van der Waals surface area (Å²) < 4.78 is 5.92. The summed E-state index contributed by atoms with van der Waals surface area (Å²) in [6, 6.07) is 7.54. The van der Waals surface area contributed by atoms with E-state index in [1.807, 2.05) is 13.0 Å². The van der Waals surface area contributed by atoms with Crippen LogP contribution >= 0.6 is 0 Å². The van der Waals surface area contributed by atoms with Crippen molar-refractivity contribution in [1.82, 2.24) is 0 Å². The molecule has 3 nitrogen and oxygen atoms in total. The Kier molecular flexibility index (Phi) is 4.22. The molecule has 3 heteroatoms. The van der Waals surface area contributed by atoms with E-state index >= 15 is 0 Å². The average Bonchev–Trinajstić information content (AvgIpc) is 2.58. The van der Waals surface area contributed by atoms with Gasteiger partial charge in [0.2, 0.25) is 0 Å². The summed E-state index contributed by atoms with van der Waals surface area (Å²) in [7, 11) is 0. The lowest BCUT2D eigenvalue weighted by Crippen LogP contribution is -2.30. The Hall–Kier alpha value is -1.53. The van der Waals surface area contributed by atoms with Crippen molar-refractivity contribution in [1.29, 1.82) is 5.26 Å². The number of nitriles is 1. The fraction of sp³-hybridized carbons (Fsp3) is 0.533. The first-order valence-electron chi connectivity index (χ1n) is 6.56. The average molecular weight is 245 g/mol. The maximum Gasteiger partial charge on any atom is 0.124 e. The Morgan fingerprint density at radius 1 is 1.28 bits per heavy atom. The van der Waals surface area contributed by atoms with Gasteiger partial charge in [0.15, 0.2) is 0 Å². The molecule has 18 heavy (non-hydrogen) atoms. The minimum atomic E-state index is -0.391. The number of nitrogens with zero attached hydrogens (tertiary/aromatic N) is 1. The molecule has 2 unspecified atom stereocenters. The SMILES string of the molecule is Cc1ccc(C#N)cc1OC1CCCCCC1O. The normalized spacial score (nSPS) is 24.1. The van der Waals surface area contributed by atoms with Gasteiger partial charge in [-0.15, -0.1) is 0 Å². The van der Waals surface area contributed by atoms with E-state index in [1.54, 1.807) is 12.1 Å². The number of rotatable bonds is 2. The molecule has 1 aromatic carbocycles. The highest BCUT2D eigenvalue weighted by Crippen LogP contribution is 2.26. The second-order valence-corrected chi connectivity index (χ2v) is 4.95. The van der Waals surface area contributed by atoms with Gasteiger partial charge in [0.05, 0.1) is 17.7 Å². The highest BCUT2D eigenvalue weighted by atomic mass is 16.5. The molecule has 0 aliphatic heterocycles. The number of hydrogen-bond acceptors (Lipinski definition) is 3. The Morgan fingerprint density at radius 2 is 2.06 bits per heavy atom. The highest BCUT2D eigenvalue weighted by Gasteiger charge is 2.23. The lowest BCUT2D eigenvalue weighted by molar-refractivity contribution is 0.0316. The van der Waals surface area contributed by atoms with Crippen LogP contribution in [0.3, 0.4) is 0 Å². The van der Waals surface area contributed by atoms with Gasteiger partial charge >= 0.3 is 0 Å². The van der Waals surface area contributed by atoms with Gasteiger partial charge in [-0.05, 0) is 43.9 Å². The maximum absolute atomic E-state index is 10.0. The first-order chi connectivity index (χ1) is 8.70. The van der Waals surface area contributed by atoms with Gasteiger partial charge in [-0.1, -0.05) is 18.9 Å². The molecule has 96 valence electrons. The standard InChI is InChI=1S/C15H19NO2/c1-11-7-8-12(10-16)9-15(11)18-14-6-4-2-3-5-13(14)17/h7-9,13-14,17H,2-6H2,1H3. The molecule has 2 rings (SSSR count). The summed E-state index contributed by atoms with van der Waals surface area (Å²) in [5.74, 6) is 0.722. The largest absolute Gasteiger partial charge is 0.487 e. The van der Waals surface area contributed by atoms with Crippen molar-refractivity contribution < 1.29 is 9.84 Å². The molecule has 0 heterocycles. The summed E-state index contributed by atoms with van der Waals surface area (Å²) in [6.45, 7) is 1.96. The van der Waals surface area contributed by atoms with Crippen molar-refractivity contribution >= 4 is 0 Å². The van der Waals surface area contributed by atoms with E-state index in [-0.39, 0.29) is 6.10 Å². The monoisotopic (exact) mass is 245 g/mol. The lowest BCUT2D eigenvalue weighted by atomic mass is 10.1. The number of hydrogen-bond donors (Lipinski definition) is 1. The molecule has 1 aromatic rings. The number of aliphatic hydroxyl groups is 1. The van der Waals surface area contributed by atoms with Gasteiger partial charge in [0, 0.05) is 0 Å². The van der Waals surface area contributed by atoms with Crippen LogP contribution in [-0.2, 0) is 0 Å². The first kappa shape index (κ1) is 12.9. The molecule has 0 bridgehead atoms. The van der Waals surface area contributed by atoms with Crippen LogP contribution in [0.25, 0.3) is 0 Å². The van der Waals surface area contributed by atoms with E-state index in [9.17, 15) is 5.11 Å². The molecule has 0 amide bonds. The Bertz CT molecular complexity index is 450. The van der Waals surface area contributed by atoms with Crippen LogP contribution in [0.1, 0.15) is 43.2 Å². The Morgan fingerprint density at radius 3 is 2.83 bits per heavy atom. The van der Waals surface area contributed by atoms with Crippen molar-refractivity contribution in [2.75, 3.05) is 0 Å². The zero-order valence-corrected chi connectivity index (χ0v) is 10.7. The summed E-state index contributed by atoms with van der Waals surface area (Å²) in [5.41, 5.74) is 1.60. The van der Waals surface area contributed by atoms with Crippen molar-refractivity contribution in [2.45, 2.75) is 51.2 Å². The zero-order chi connectivity index (χ0) is 13.0. The Balaban J connectivity index is 2.14. The fourth-order valence-electron chi connectivity index (χ4n) is 2.35. The molecule has 1 aliphatic carbocycles. The van der Waals surface area contributed by atoms with Crippen molar-refractivity contribution in [3.8, 4) is 11.8 Å². The van der Waals surface area contributed by atoms with E-state index in [4.69, 9.17) is 10.00 Å². The third kappa shape index (κ3) is 3.02. The van der Waals surface area contributed by atoms with Crippen LogP contribution in [0.4, 0.5) is 0 Å². The van der Waals surface area contributed by atoms with Crippen molar-refractivity contribution in [2.24, 2.45) is 0 Å². The van der Waals surface area contributed by atoms with Crippen LogP contribution in [0.2, 0.25) is 0 Å². The second kappa shape index (κ2) is 5.88. The maximum atomic E-state index is 10.0. The lowest BCUT2D eigenvalue weighted by Gasteiger charge is -2.23. The molecule has 2 atom stereocenters.